The summed E-state index contributed by atoms with van der Waals surface area (Å²) in [6, 6.07) is 7.72. The summed E-state index contributed by atoms with van der Waals surface area (Å²) in [4.78, 5) is 12.3. The molecule has 0 bridgehead atoms. The third kappa shape index (κ3) is 4.51. The number of aryl methyl sites for hydroxylation is 1. The molecule has 6 nitrogen and oxygen atoms in total. The van der Waals surface area contributed by atoms with Gasteiger partial charge in [0.2, 0.25) is 0 Å². The van der Waals surface area contributed by atoms with Gasteiger partial charge in [0.15, 0.2) is 24.1 Å². The van der Waals surface area contributed by atoms with Gasteiger partial charge in [-0.2, -0.15) is 0 Å². The van der Waals surface area contributed by atoms with Gasteiger partial charge in [0.05, 0.1) is 12.7 Å². The van der Waals surface area contributed by atoms with Gasteiger partial charge >= 0.3 is 0 Å². The van der Waals surface area contributed by atoms with Crippen molar-refractivity contribution in [3.63, 3.8) is 0 Å². The topological polar surface area (TPSA) is 85.2 Å². The molecular formula is C19H20O6. The van der Waals surface area contributed by atoms with E-state index >= 15 is 0 Å². The van der Waals surface area contributed by atoms with Crippen LogP contribution in [-0.4, -0.2) is 37.0 Å². The smallest absolute Gasteiger partial charge is 0.189 e. The standard InChI is InChI=1S/C19H20O6/c1-12-8-14(16(21)10-19(12)25-11-23-2)15(20)6-4-13-5-7-18(24-3)17(22)9-13/h4-10,21-22H,11H2,1-3H3/b6-4+. The lowest BCUT2D eigenvalue weighted by Gasteiger charge is -2.10. The van der Waals surface area contributed by atoms with Gasteiger partial charge in [-0.25, -0.2) is 0 Å². The van der Waals surface area contributed by atoms with Crippen molar-refractivity contribution in [2.45, 2.75) is 6.92 Å². The molecule has 2 N–H and O–H groups in total. The Balaban J connectivity index is 2.20. The van der Waals surface area contributed by atoms with Crippen LogP contribution >= 0.6 is 0 Å². The first-order chi connectivity index (χ1) is 12.0. The van der Waals surface area contributed by atoms with Crippen LogP contribution in [0.25, 0.3) is 6.08 Å². The maximum atomic E-state index is 12.3. The first-order valence-corrected chi connectivity index (χ1v) is 7.51. The fraction of sp³-hybridized carbons (Fsp3) is 0.211. The molecule has 0 radical (unpaired) electrons. The lowest BCUT2D eigenvalue weighted by atomic mass is 10.0. The normalized spacial score (nSPS) is 10.8. The molecule has 6 heteroatoms. The number of aromatic hydroxyl groups is 2. The van der Waals surface area contributed by atoms with Crippen LogP contribution in [0.5, 0.6) is 23.0 Å². The summed E-state index contributed by atoms with van der Waals surface area (Å²) in [6.45, 7) is 1.82. The molecule has 0 fully saturated rings. The molecule has 2 aromatic rings. The number of ketones is 1. The Morgan fingerprint density at radius 3 is 2.48 bits per heavy atom. The molecule has 0 heterocycles. The van der Waals surface area contributed by atoms with E-state index in [0.717, 1.165) is 0 Å². The predicted molar refractivity (Wildman–Crippen MR) is 93.4 cm³/mol. The highest BCUT2D eigenvalue weighted by atomic mass is 16.7. The van der Waals surface area contributed by atoms with Crippen molar-refractivity contribution in [3.8, 4) is 23.0 Å². The van der Waals surface area contributed by atoms with Crippen molar-refractivity contribution in [2.75, 3.05) is 21.0 Å². The Morgan fingerprint density at radius 2 is 1.84 bits per heavy atom. The first kappa shape index (κ1) is 18.4. The molecule has 0 aliphatic heterocycles. The number of benzene rings is 2. The highest BCUT2D eigenvalue weighted by Crippen LogP contribution is 2.29. The highest BCUT2D eigenvalue weighted by Gasteiger charge is 2.13. The monoisotopic (exact) mass is 344 g/mol. The van der Waals surface area contributed by atoms with Crippen molar-refractivity contribution in [3.05, 3.63) is 53.1 Å². The molecule has 0 atom stereocenters. The maximum Gasteiger partial charge on any atom is 0.189 e. The number of allylic oxidation sites excluding steroid dienone is 1. The van der Waals surface area contributed by atoms with E-state index in [1.165, 1.54) is 32.4 Å². The van der Waals surface area contributed by atoms with Gasteiger partial charge in [0.1, 0.15) is 11.5 Å². The summed E-state index contributed by atoms with van der Waals surface area (Å²) < 4.78 is 15.1. The number of ether oxygens (including phenoxy) is 3. The minimum atomic E-state index is -0.366. The second-order valence-electron chi connectivity index (χ2n) is 5.31. The SMILES string of the molecule is COCOc1cc(O)c(C(=O)/C=C/c2ccc(OC)c(O)c2)cc1C. The number of rotatable bonds is 7. The summed E-state index contributed by atoms with van der Waals surface area (Å²) in [6.07, 6.45) is 2.87. The van der Waals surface area contributed by atoms with Gasteiger partial charge in [-0.1, -0.05) is 12.1 Å². The Bertz CT molecular complexity index is 795. The molecule has 0 amide bonds. The average molecular weight is 344 g/mol. The minimum Gasteiger partial charge on any atom is -0.507 e. The quantitative estimate of drug-likeness (QED) is 0.455. The fourth-order valence-corrected chi connectivity index (χ4v) is 2.22. The van der Waals surface area contributed by atoms with Crippen LogP contribution in [0.3, 0.4) is 0 Å². The Hall–Kier alpha value is -2.99. The zero-order valence-electron chi connectivity index (χ0n) is 14.3. The molecule has 0 aliphatic carbocycles. The zero-order chi connectivity index (χ0) is 18.4. The van der Waals surface area contributed by atoms with Crippen LogP contribution in [0.1, 0.15) is 21.5 Å². The second-order valence-corrected chi connectivity index (χ2v) is 5.31. The summed E-state index contributed by atoms with van der Waals surface area (Å²) >= 11 is 0. The Morgan fingerprint density at radius 1 is 1.08 bits per heavy atom. The largest absolute Gasteiger partial charge is 0.507 e. The van der Waals surface area contributed by atoms with Crippen molar-refractivity contribution >= 4 is 11.9 Å². The van der Waals surface area contributed by atoms with Gasteiger partial charge in [-0.3, -0.25) is 4.79 Å². The zero-order valence-corrected chi connectivity index (χ0v) is 14.3. The molecular weight excluding hydrogens is 324 g/mol. The summed E-state index contributed by atoms with van der Waals surface area (Å²) in [5.41, 5.74) is 1.49. The summed E-state index contributed by atoms with van der Waals surface area (Å²) in [5, 5.41) is 19.8. The van der Waals surface area contributed by atoms with E-state index in [2.05, 4.69) is 0 Å². The molecule has 2 rings (SSSR count). The van der Waals surface area contributed by atoms with Crippen LogP contribution in [0.15, 0.2) is 36.4 Å². The average Bonchev–Trinajstić information content (AvgIpc) is 2.60. The summed E-state index contributed by atoms with van der Waals surface area (Å²) in [5.74, 6) is 0.233. The Labute approximate surface area is 145 Å². The highest BCUT2D eigenvalue weighted by molar-refractivity contribution is 6.08. The molecule has 2 aromatic carbocycles. The third-order valence-electron chi connectivity index (χ3n) is 3.52. The van der Waals surface area contributed by atoms with Crippen molar-refractivity contribution in [1.29, 1.82) is 0 Å². The van der Waals surface area contributed by atoms with Gasteiger partial charge in [0, 0.05) is 13.2 Å². The van der Waals surface area contributed by atoms with Crippen LogP contribution in [-0.2, 0) is 4.74 Å². The molecule has 25 heavy (non-hydrogen) atoms. The number of phenolic OH excluding ortho intramolecular Hbond substituents is 2. The van der Waals surface area contributed by atoms with E-state index in [0.29, 0.717) is 22.6 Å². The van der Waals surface area contributed by atoms with Crippen molar-refractivity contribution in [2.24, 2.45) is 0 Å². The van der Waals surface area contributed by atoms with Crippen molar-refractivity contribution in [1.82, 2.24) is 0 Å². The fourth-order valence-electron chi connectivity index (χ4n) is 2.22. The second kappa shape index (κ2) is 8.21. The van der Waals surface area contributed by atoms with Gasteiger partial charge in [-0.05, 0) is 42.3 Å². The first-order valence-electron chi connectivity index (χ1n) is 7.51. The van der Waals surface area contributed by atoms with Crippen LogP contribution in [0.4, 0.5) is 0 Å². The van der Waals surface area contributed by atoms with Crippen molar-refractivity contribution < 1.29 is 29.2 Å². The van der Waals surface area contributed by atoms with Crippen LogP contribution < -0.4 is 9.47 Å². The molecule has 0 aromatic heterocycles. The number of carbonyl (C=O) groups excluding carboxylic acids is 1. The number of hydrogen-bond donors (Lipinski definition) is 2. The Kier molecular flexibility index (Phi) is 6.03. The molecule has 0 saturated heterocycles. The maximum absolute atomic E-state index is 12.3. The van der Waals surface area contributed by atoms with E-state index in [9.17, 15) is 15.0 Å². The van der Waals surface area contributed by atoms with E-state index in [1.807, 2.05) is 0 Å². The number of methoxy groups -OCH3 is 2. The predicted octanol–water partition coefficient (Wildman–Crippen LogP) is 3.29. The van der Waals surface area contributed by atoms with Gasteiger partial charge < -0.3 is 24.4 Å². The molecule has 0 saturated carbocycles. The molecule has 0 aliphatic rings. The minimum absolute atomic E-state index is 0.0181. The lowest BCUT2D eigenvalue weighted by molar-refractivity contribution is 0.0505. The summed E-state index contributed by atoms with van der Waals surface area (Å²) in [7, 11) is 2.95. The van der Waals surface area contributed by atoms with Crippen LogP contribution in [0, 0.1) is 6.92 Å². The van der Waals surface area contributed by atoms with Gasteiger partial charge in [0.25, 0.3) is 0 Å². The number of carbonyl (C=O) groups is 1. The third-order valence-corrected chi connectivity index (χ3v) is 3.52. The van der Waals surface area contributed by atoms with E-state index in [-0.39, 0.29) is 29.6 Å². The molecule has 132 valence electrons. The molecule has 0 unspecified atom stereocenters. The number of hydrogen-bond acceptors (Lipinski definition) is 6. The molecule has 0 spiro atoms. The van der Waals surface area contributed by atoms with E-state index in [1.54, 1.807) is 31.2 Å². The van der Waals surface area contributed by atoms with Gasteiger partial charge in [-0.15, -0.1) is 0 Å². The van der Waals surface area contributed by atoms with E-state index < -0.39 is 0 Å². The van der Waals surface area contributed by atoms with Crippen LogP contribution in [0.2, 0.25) is 0 Å². The van der Waals surface area contributed by atoms with E-state index in [4.69, 9.17) is 14.2 Å². The lowest BCUT2D eigenvalue weighted by Crippen LogP contribution is -2.02. The number of phenols is 2.